The molecule has 5 nitrogen and oxygen atoms in total. The highest BCUT2D eigenvalue weighted by molar-refractivity contribution is 6.11. The zero-order valence-corrected chi connectivity index (χ0v) is 15.8. The van der Waals surface area contributed by atoms with Gasteiger partial charge in [0.2, 0.25) is 5.91 Å². The van der Waals surface area contributed by atoms with E-state index in [9.17, 15) is 18.0 Å². The quantitative estimate of drug-likeness (QED) is 0.622. The van der Waals surface area contributed by atoms with Gasteiger partial charge in [0.05, 0.1) is 6.54 Å². The molecule has 0 radical (unpaired) electrons. The summed E-state index contributed by atoms with van der Waals surface area (Å²) in [5.74, 6) is 0.990. The van der Waals surface area contributed by atoms with Crippen LogP contribution in [0.4, 0.5) is 18.9 Å². The van der Waals surface area contributed by atoms with Crippen LogP contribution in [0, 0.1) is 6.92 Å². The Kier molecular flexibility index (Phi) is 3.90. The Hall–Kier alpha value is -3.42. The van der Waals surface area contributed by atoms with Crippen LogP contribution >= 0.6 is 0 Å². The van der Waals surface area contributed by atoms with Gasteiger partial charge in [-0.25, -0.2) is 0 Å². The number of carbonyl (C=O) groups is 1. The van der Waals surface area contributed by atoms with E-state index in [-0.39, 0.29) is 30.6 Å². The molecular weight excluding hydrogens is 399 g/mol. The second-order valence-electron chi connectivity index (χ2n) is 7.32. The van der Waals surface area contributed by atoms with Crippen LogP contribution in [0.5, 0.6) is 11.5 Å². The van der Waals surface area contributed by atoms with Crippen molar-refractivity contribution in [1.29, 1.82) is 0 Å². The van der Waals surface area contributed by atoms with Crippen LogP contribution in [0.25, 0.3) is 0 Å². The molecule has 2 aromatic carbocycles. The normalized spacial score (nSPS) is 19.7. The highest BCUT2D eigenvalue weighted by atomic mass is 19.4. The van der Waals surface area contributed by atoms with Crippen LogP contribution in [0.3, 0.4) is 0 Å². The van der Waals surface area contributed by atoms with Gasteiger partial charge in [-0.3, -0.25) is 4.79 Å². The van der Waals surface area contributed by atoms with E-state index >= 15 is 0 Å². The standard InChI is InChI=1S/C22H16F3NO4/c1-13-6-7-15(29-13)11-26-18-5-3-2-4-16(18)21(20(26)27)12-28-19-10-14(8-9-17(19)21)30-22(23,24)25/h2-10H,11-12H2,1H3. The molecule has 3 heterocycles. The number of para-hydroxylation sites is 1. The molecule has 2 aliphatic rings. The number of anilines is 1. The number of carbonyl (C=O) groups excluding carboxylic acids is 1. The number of benzene rings is 2. The first-order valence-electron chi connectivity index (χ1n) is 9.28. The van der Waals surface area contributed by atoms with E-state index in [1.807, 2.05) is 43.3 Å². The van der Waals surface area contributed by atoms with Gasteiger partial charge in [-0.05, 0) is 36.8 Å². The summed E-state index contributed by atoms with van der Waals surface area (Å²) in [6.07, 6.45) is -4.81. The minimum atomic E-state index is -4.81. The highest BCUT2D eigenvalue weighted by Gasteiger charge is 2.57. The number of nitrogens with zero attached hydrogens (tertiary/aromatic N) is 1. The van der Waals surface area contributed by atoms with E-state index in [0.29, 0.717) is 11.3 Å². The van der Waals surface area contributed by atoms with E-state index in [1.54, 1.807) is 4.90 Å². The largest absolute Gasteiger partial charge is 0.573 e. The molecule has 1 amide bonds. The van der Waals surface area contributed by atoms with E-state index in [0.717, 1.165) is 17.0 Å². The van der Waals surface area contributed by atoms with Crippen molar-refractivity contribution in [3.8, 4) is 11.5 Å². The summed E-state index contributed by atoms with van der Waals surface area (Å²) in [5, 5.41) is 0. The molecule has 0 aliphatic carbocycles. The lowest BCUT2D eigenvalue weighted by Gasteiger charge is -2.22. The Morgan fingerprint density at radius 1 is 1.10 bits per heavy atom. The molecule has 1 unspecified atom stereocenters. The summed E-state index contributed by atoms with van der Waals surface area (Å²) >= 11 is 0. The number of fused-ring (bicyclic) bond motifs is 4. The van der Waals surface area contributed by atoms with Gasteiger partial charge < -0.3 is 18.8 Å². The molecule has 0 fully saturated rings. The summed E-state index contributed by atoms with van der Waals surface area (Å²) in [6, 6.07) is 14.8. The van der Waals surface area contributed by atoms with Crippen molar-refractivity contribution in [2.24, 2.45) is 0 Å². The maximum absolute atomic E-state index is 13.7. The Morgan fingerprint density at radius 3 is 2.63 bits per heavy atom. The van der Waals surface area contributed by atoms with Gasteiger partial charge in [-0.15, -0.1) is 13.2 Å². The minimum absolute atomic E-state index is 0.00132. The van der Waals surface area contributed by atoms with E-state index in [1.165, 1.54) is 18.2 Å². The molecule has 0 N–H and O–H groups in total. The number of hydrogen-bond acceptors (Lipinski definition) is 4. The molecule has 154 valence electrons. The average molecular weight is 415 g/mol. The van der Waals surface area contributed by atoms with Crippen molar-refractivity contribution in [2.45, 2.75) is 25.2 Å². The summed E-state index contributed by atoms with van der Waals surface area (Å²) in [4.78, 5) is 15.3. The SMILES string of the molecule is Cc1ccc(CN2C(=O)C3(COc4cc(OC(F)(F)F)ccc43)c3ccccc32)o1. The predicted octanol–water partition coefficient (Wildman–Crippen LogP) is 4.71. The zero-order valence-electron chi connectivity index (χ0n) is 15.8. The average Bonchev–Trinajstić information content (AvgIpc) is 3.34. The molecule has 1 aromatic heterocycles. The first-order chi connectivity index (χ1) is 14.3. The lowest BCUT2D eigenvalue weighted by molar-refractivity contribution is -0.274. The fourth-order valence-electron chi connectivity index (χ4n) is 4.24. The molecule has 8 heteroatoms. The van der Waals surface area contributed by atoms with Gasteiger partial charge in [-0.2, -0.15) is 0 Å². The topological polar surface area (TPSA) is 51.9 Å². The van der Waals surface area contributed by atoms with Crippen molar-refractivity contribution in [1.82, 2.24) is 0 Å². The highest BCUT2D eigenvalue weighted by Crippen LogP contribution is 2.53. The third-order valence-corrected chi connectivity index (χ3v) is 5.47. The van der Waals surface area contributed by atoms with Crippen molar-refractivity contribution in [2.75, 3.05) is 11.5 Å². The number of aryl methyl sites for hydroxylation is 1. The van der Waals surface area contributed by atoms with Crippen LogP contribution in [-0.4, -0.2) is 18.9 Å². The maximum Gasteiger partial charge on any atom is 0.573 e. The first-order valence-corrected chi connectivity index (χ1v) is 9.28. The number of hydrogen-bond donors (Lipinski definition) is 0. The van der Waals surface area contributed by atoms with Crippen LogP contribution in [0.2, 0.25) is 0 Å². The van der Waals surface area contributed by atoms with Crippen molar-refractivity contribution in [3.05, 3.63) is 77.2 Å². The summed E-state index contributed by atoms with van der Waals surface area (Å²) in [7, 11) is 0. The second kappa shape index (κ2) is 6.29. The van der Waals surface area contributed by atoms with Gasteiger partial charge in [0.25, 0.3) is 0 Å². The summed E-state index contributed by atoms with van der Waals surface area (Å²) < 4.78 is 53.1. The Labute approximate surface area is 169 Å². The molecule has 3 aromatic rings. The van der Waals surface area contributed by atoms with E-state index < -0.39 is 11.8 Å². The molecule has 0 bridgehead atoms. The molecule has 0 saturated heterocycles. The Morgan fingerprint density at radius 2 is 1.90 bits per heavy atom. The van der Waals surface area contributed by atoms with Crippen molar-refractivity contribution in [3.63, 3.8) is 0 Å². The third kappa shape index (κ3) is 2.74. The maximum atomic E-state index is 13.7. The Balaban J connectivity index is 1.58. The number of furan rings is 1. The van der Waals surface area contributed by atoms with Gasteiger partial charge in [0, 0.05) is 17.3 Å². The van der Waals surface area contributed by atoms with E-state index in [4.69, 9.17) is 9.15 Å². The number of halogens is 3. The molecule has 2 aliphatic heterocycles. The lowest BCUT2D eigenvalue weighted by Crippen LogP contribution is -2.42. The van der Waals surface area contributed by atoms with Gasteiger partial charge >= 0.3 is 6.36 Å². The Bertz CT molecular complexity index is 1150. The smallest absolute Gasteiger partial charge is 0.491 e. The zero-order chi connectivity index (χ0) is 21.1. The van der Waals surface area contributed by atoms with Crippen LogP contribution in [-0.2, 0) is 16.8 Å². The predicted molar refractivity (Wildman–Crippen MR) is 100 cm³/mol. The second-order valence-corrected chi connectivity index (χ2v) is 7.32. The van der Waals surface area contributed by atoms with E-state index in [2.05, 4.69) is 4.74 Å². The number of amides is 1. The molecule has 1 spiro atoms. The van der Waals surface area contributed by atoms with Crippen LogP contribution in [0.15, 0.2) is 59.0 Å². The lowest BCUT2D eigenvalue weighted by atomic mass is 9.77. The molecular formula is C22H16F3NO4. The minimum Gasteiger partial charge on any atom is -0.491 e. The number of rotatable bonds is 3. The monoisotopic (exact) mass is 415 g/mol. The fourth-order valence-corrected chi connectivity index (χ4v) is 4.24. The van der Waals surface area contributed by atoms with Gasteiger partial charge in [0.15, 0.2) is 0 Å². The summed E-state index contributed by atoms with van der Waals surface area (Å²) in [5.41, 5.74) is 0.877. The van der Waals surface area contributed by atoms with Crippen LogP contribution < -0.4 is 14.4 Å². The number of ether oxygens (including phenoxy) is 2. The third-order valence-electron chi connectivity index (χ3n) is 5.47. The van der Waals surface area contributed by atoms with Gasteiger partial charge in [0.1, 0.15) is 35.0 Å². The molecule has 1 atom stereocenters. The molecule has 0 saturated carbocycles. The van der Waals surface area contributed by atoms with Crippen LogP contribution in [0.1, 0.15) is 22.6 Å². The fraction of sp³-hybridized carbons (Fsp3) is 0.227. The van der Waals surface area contributed by atoms with Crippen molar-refractivity contribution < 1.29 is 31.9 Å². The molecule has 5 rings (SSSR count). The summed E-state index contributed by atoms with van der Waals surface area (Å²) in [6.45, 7) is 2.07. The number of alkyl halides is 3. The van der Waals surface area contributed by atoms with Crippen molar-refractivity contribution >= 4 is 11.6 Å². The first kappa shape index (κ1) is 18.6. The van der Waals surface area contributed by atoms with Gasteiger partial charge in [-0.1, -0.05) is 24.3 Å². The molecule has 30 heavy (non-hydrogen) atoms.